The van der Waals surface area contributed by atoms with E-state index in [-0.39, 0.29) is 23.2 Å². The average Bonchev–Trinajstić information content (AvgIpc) is 3.03. The Bertz CT molecular complexity index is 1010. The maximum atomic E-state index is 13.4. The summed E-state index contributed by atoms with van der Waals surface area (Å²) in [7, 11) is 5.43. The molecule has 0 aliphatic carbocycles. The minimum atomic E-state index is -0.537. The molecule has 1 aromatic carbocycles. The Morgan fingerprint density at radius 1 is 1.42 bits per heavy atom. The lowest BCUT2D eigenvalue weighted by molar-refractivity contribution is -0.188. The van der Waals surface area contributed by atoms with Crippen LogP contribution in [0.4, 0.5) is 14.9 Å². The number of hydroxylamine groups is 2. The van der Waals surface area contributed by atoms with Crippen molar-refractivity contribution in [1.82, 2.24) is 24.6 Å². The third kappa shape index (κ3) is 6.01. The lowest BCUT2D eigenvalue weighted by Gasteiger charge is -2.33. The maximum Gasteiger partial charge on any atom is 0.322 e. The van der Waals surface area contributed by atoms with Gasteiger partial charge < -0.3 is 15.1 Å². The molecular formula is C22H30ClFN6O3. The largest absolute Gasteiger partial charge is 0.322 e. The van der Waals surface area contributed by atoms with E-state index < -0.39 is 5.82 Å². The molecule has 0 saturated carbocycles. The number of carbonyl (C=O) groups excluding carboxylic acids is 2. The topological polar surface area (TPSA) is 82.9 Å². The number of urea groups is 1. The number of aromatic nitrogens is 2. The lowest BCUT2D eigenvalue weighted by Crippen LogP contribution is -2.44. The molecule has 1 unspecified atom stereocenters. The minimum Gasteiger partial charge on any atom is -0.317 e. The van der Waals surface area contributed by atoms with Gasteiger partial charge in [0, 0.05) is 43.0 Å². The minimum absolute atomic E-state index is 0.0476. The van der Waals surface area contributed by atoms with Crippen LogP contribution in [0.15, 0.2) is 18.2 Å². The number of carbonyl (C=O) groups is 2. The van der Waals surface area contributed by atoms with E-state index >= 15 is 0 Å². The number of likely N-dealkylation sites (N-methyl/N-ethyl adjacent to an activating group) is 1. The second-order valence-electron chi connectivity index (χ2n) is 8.57. The van der Waals surface area contributed by atoms with Crippen molar-refractivity contribution >= 4 is 29.7 Å². The van der Waals surface area contributed by atoms with E-state index in [1.807, 2.05) is 37.5 Å². The molecule has 3 rings (SSSR count). The van der Waals surface area contributed by atoms with Gasteiger partial charge in [0.2, 0.25) is 6.41 Å². The second-order valence-corrected chi connectivity index (χ2v) is 8.98. The predicted molar refractivity (Wildman–Crippen MR) is 123 cm³/mol. The van der Waals surface area contributed by atoms with E-state index in [0.29, 0.717) is 38.2 Å². The maximum absolute atomic E-state index is 13.4. The van der Waals surface area contributed by atoms with Crippen LogP contribution >= 0.6 is 11.6 Å². The van der Waals surface area contributed by atoms with E-state index in [1.165, 1.54) is 18.2 Å². The summed E-state index contributed by atoms with van der Waals surface area (Å²) in [5, 5.41) is 8.68. The van der Waals surface area contributed by atoms with E-state index in [2.05, 4.69) is 5.32 Å². The van der Waals surface area contributed by atoms with E-state index in [4.69, 9.17) is 21.5 Å². The van der Waals surface area contributed by atoms with Crippen molar-refractivity contribution in [3.63, 3.8) is 0 Å². The Hall–Kier alpha value is -2.69. The molecule has 0 saturated heterocycles. The Morgan fingerprint density at radius 3 is 2.79 bits per heavy atom. The van der Waals surface area contributed by atoms with Gasteiger partial charge in [0.1, 0.15) is 11.9 Å². The third-order valence-electron chi connectivity index (χ3n) is 5.60. The van der Waals surface area contributed by atoms with Gasteiger partial charge in [0.25, 0.3) is 0 Å². The Morgan fingerprint density at radius 2 is 2.15 bits per heavy atom. The van der Waals surface area contributed by atoms with Crippen LogP contribution in [0.2, 0.25) is 5.02 Å². The van der Waals surface area contributed by atoms with E-state index in [9.17, 15) is 14.0 Å². The van der Waals surface area contributed by atoms with Gasteiger partial charge in [-0.05, 0) is 46.1 Å². The van der Waals surface area contributed by atoms with Gasteiger partial charge in [-0.3, -0.25) is 14.3 Å². The molecule has 9 nitrogen and oxygen atoms in total. The van der Waals surface area contributed by atoms with Crippen LogP contribution in [0.1, 0.15) is 23.9 Å². The van der Waals surface area contributed by atoms with Crippen molar-refractivity contribution in [2.24, 2.45) is 0 Å². The molecular weight excluding hydrogens is 451 g/mol. The molecule has 3 amide bonds. The quantitative estimate of drug-likeness (QED) is 0.464. The zero-order valence-corrected chi connectivity index (χ0v) is 20.3. The summed E-state index contributed by atoms with van der Waals surface area (Å²) in [6.45, 7) is 5.40. The number of rotatable bonds is 8. The molecule has 33 heavy (non-hydrogen) atoms. The Labute approximate surface area is 198 Å². The monoisotopic (exact) mass is 480 g/mol. The number of amides is 3. The first-order valence-electron chi connectivity index (χ1n) is 10.7. The molecule has 0 bridgehead atoms. The molecule has 1 N–H and O–H groups in total. The van der Waals surface area contributed by atoms with E-state index in [1.54, 1.807) is 11.9 Å². The zero-order chi connectivity index (χ0) is 24.3. The van der Waals surface area contributed by atoms with Gasteiger partial charge in [-0.2, -0.15) is 5.10 Å². The van der Waals surface area contributed by atoms with Crippen LogP contribution in [-0.2, 0) is 29.1 Å². The highest BCUT2D eigenvalue weighted by Crippen LogP contribution is 2.27. The first kappa shape index (κ1) is 24.9. The number of hydrogen-bond donors (Lipinski definition) is 1. The van der Waals surface area contributed by atoms with Gasteiger partial charge in [-0.1, -0.05) is 11.6 Å². The summed E-state index contributed by atoms with van der Waals surface area (Å²) in [6.07, 6.45) is 0.944. The molecule has 11 heteroatoms. The summed E-state index contributed by atoms with van der Waals surface area (Å²) < 4.78 is 15.3. The summed E-state index contributed by atoms with van der Waals surface area (Å²) in [5.74, 6) is -0.537. The van der Waals surface area contributed by atoms with Gasteiger partial charge in [-0.15, -0.1) is 0 Å². The predicted octanol–water partition coefficient (Wildman–Crippen LogP) is 2.91. The van der Waals surface area contributed by atoms with Crippen molar-refractivity contribution in [3.05, 3.63) is 46.0 Å². The van der Waals surface area contributed by atoms with Crippen LogP contribution in [0.5, 0.6) is 0 Å². The summed E-state index contributed by atoms with van der Waals surface area (Å²) in [4.78, 5) is 33.4. The van der Waals surface area contributed by atoms with Gasteiger partial charge in [-0.25, -0.2) is 14.2 Å². The molecule has 0 radical (unpaired) electrons. The highest BCUT2D eigenvalue weighted by molar-refractivity contribution is 6.31. The van der Waals surface area contributed by atoms with Crippen LogP contribution in [0.3, 0.4) is 0 Å². The fourth-order valence-corrected chi connectivity index (χ4v) is 4.12. The fourth-order valence-electron chi connectivity index (χ4n) is 3.93. The van der Waals surface area contributed by atoms with Gasteiger partial charge >= 0.3 is 6.03 Å². The lowest BCUT2D eigenvalue weighted by atomic mass is 10.0. The number of nitrogens with zero attached hydrogens (tertiary/aromatic N) is 5. The SMILES string of the molecule is Cc1c2c(nn1CC(CN(C)C)ON(C)C=O)C[C@@H](C)N(C(=O)Nc1ccc(F)c(Cl)c1)C2. The summed E-state index contributed by atoms with van der Waals surface area (Å²) in [6, 6.07) is 3.72. The summed E-state index contributed by atoms with van der Waals surface area (Å²) in [5.41, 5.74) is 3.31. The standard InChI is InChI=1S/C22H30ClFN6O3/c1-14-8-21-18(12-29(14)22(32)25-16-6-7-20(24)19(23)9-16)15(2)30(26-21)11-17(10-27(3)4)33-28(5)13-31/h6-7,9,13-14,17H,8,10-12H2,1-5H3,(H,25,32)/t14-,17?/m1/s1. The highest BCUT2D eigenvalue weighted by Gasteiger charge is 2.31. The molecule has 180 valence electrons. The Kier molecular flexibility index (Phi) is 7.93. The van der Waals surface area contributed by atoms with Gasteiger partial charge in [0.15, 0.2) is 0 Å². The van der Waals surface area contributed by atoms with Crippen molar-refractivity contribution < 1.29 is 18.8 Å². The Balaban J connectivity index is 1.75. The van der Waals surface area contributed by atoms with Crippen molar-refractivity contribution in [2.45, 2.75) is 45.5 Å². The molecule has 2 heterocycles. The molecule has 1 aliphatic rings. The molecule has 1 aromatic heterocycles. The first-order chi connectivity index (χ1) is 15.6. The van der Waals surface area contributed by atoms with E-state index in [0.717, 1.165) is 22.0 Å². The van der Waals surface area contributed by atoms with Crippen LogP contribution in [0.25, 0.3) is 0 Å². The van der Waals surface area contributed by atoms with Crippen LogP contribution in [0, 0.1) is 12.7 Å². The second kappa shape index (κ2) is 10.5. The number of nitrogens with one attached hydrogen (secondary N) is 1. The molecule has 1 aliphatic heterocycles. The highest BCUT2D eigenvalue weighted by atomic mass is 35.5. The molecule has 2 atom stereocenters. The number of benzene rings is 1. The number of hydrogen-bond acceptors (Lipinski definition) is 5. The van der Waals surface area contributed by atoms with Gasteiger partial charge in [0.05, 0.1) is 23.8 Å². The average molecular weight is 481 g/mol. The third-order valence-corrected chi connectivity index (χ3v) is 5.89. The normalized spacial score (nSPS) is 16.5. The van der Waals surface area contributed by atoms with Crippen molar-refractivity contribution in [3.8, 4) is 0 Å². The number of halogens is 2. The number of anilines is 1. The molecule has 2 aromatic rings. The molecule has 0 fully saturated rings. The van der Waals surface area contributed by atoms with Crippen molar-refractivity contribution in [2.75, 3.05) is 33.0 Å². The molecule has 0 spiro atoms. The smallest absolute Gasteiger partial charge is 0.317 e. The summed E-state index contributed by atoms with van der Waals surface area (Å²) >= 11 is 5.83. The number of fused-ring (bicyclic) bond motifs is 1. The van der Waals surface area contributed by atoms with Crippen molar-refractivity contribution in [1.29, 1.82) is 0 Å². The van der Waals surface area contributed by atoms with Crippen LogP contribution in [-0.4, -0.2) is 76.9 Å². The zero-order valence-electron chi connectivity index (χ0n) is 19.5. The fraction of sp³-hybridized carbons (Fsp3) is 0.500. The first-order valence-corrected chi connectivity index (χ1v) is 11.0. The van der Waals surface area contributed by atoms with Crippen LogP contribution < -0.4 is 5.32 Å².